The topological polar surface area (TPSA) is 96.6 Å². The zero-order valence-corrected chi connectivity index (χ0v) is 12.2. The van der Waals surface area contributed by atoms with Gasteiger partial charge in [-0.1, -0.05) is 12.1 Å². The van der Waals surface area contributed by atoms with Gasteiger partial charge in [0, 0.05) is 12.3 Å². The van der Waals surface area contributed by atoms with Crippen LogP contribution in [0.3, 0.4) is 0 Å². The zero-order chi connectivity index (χ0) is 14.5. The highest BCUT2D eigenvalue weighted by molar-refractivity contribution is 7.90. The van der Waals surface area contributed by atoms with Crippen LogP contribution in [0.5, 0.6) is 0 Å². The third kappa shape index (κ3) is 5.27. The van der Waals surface area contributed by atoms with Crippen LogP contribution in [0.1, 0.15) is 19.4 Å². The average molecular weight is 284 g/mol. The largest absolute Gasteiger partial charge is 0.353 e. The number of rotatable bonds is 4. The molecule has 0 atom stereocenters. The van der Waals surface area contributed by atoms with Crippen LogP contribution in [0.4, 0.5) is 0 Å². The van der Waals surface area contributed by atoms with Gasteiger partial charge in [-0.25, -0.2) is 19.3 Å². The summed E-state index contributed by atoms with van der Waals surface area (Å²) in [5.74, 6) is 5.85. The highest BCUT2D eigenvalue weighted by atomic mass is 32.2. The zero-order valence-electron chi connectivity index (χ0n) is 11.3. The fourth-order valence-electron chi connectivity index (χ4n) is 1.42. The molecule has 1 aromatic carbocycles. The molecule has 0 saturated heterocycles. The summed E-state index contributed by atoms with van der Waals surface area (Å²) in [6.07, 6.45) is 1.18. The first-order chi connectivity index (χ1) is 8.82. The van der Waals surface area contributed by atoms with Gasteiger partial charge in [0.2, 0.25) is 5.96 Å². The minimum Gasteiger partial charge on any atom is -0.353 e. The number of hydrogen-bond donors (Lipinski definition) is 3. The fourth-order valence-corrected chi connectivity index (χ4v) is 2.05. The third-order valence-electron chi connectivity index (χ3n) is 2.33. The van der Waals surface area contributed by atoms with Gasteiger partial charge in [-0.2, -0.15) is 0 Å². The predicted molar refractivity (Wildman–Crippen MR) is 76.3 cm³/mol. The van der Waals surface area contributed by atoms with Crippen LogP contribution in [0.2, 0.25) is 0 Å². The van der Waals surface area contributed by atoms with E-state index in [0.717, 1.165) is 5.56 Å². The van der Waals surface area contributed by atoms with Crippen molar-refractivity contribution in [2.24, 2.45) is 10.8 Å². The van der Waals surface area contributed by atoms with Crippen molar-refractivity contribution in [2.75, 3.05) is 6.26 Å². The Labute approximate surface area is 114 Å². The van der Waals surface area contributed by atoms with E-state index in [4.69, 9.17) is 5.84 Å². The Morgan fingerprint density at radius 1 is 1.32 bits per heavy atom. The Morgan fingerprint density at radius 3 is 2.32 bits per heavy atom. The van der Waals surface area contributed by atoms with Gasteiger partial charge in [0.05, 0.1) is 11.4 Å². The standard InChI is InChI=1S/C12H20N4O2S/c1-9(2)15-12(16-13)14-8-10-4-6-11(7-5-10)19(3,17)18/h4-7,9H,8,13H2,1-3H3,(H2,14,15,16). The minimum atomic E-state index is -3.15. The molecule has 0 fully saturated rings. The number of hydrazine groups is 1. The molecule has 19 heavy (non-hydrogen) atoms. The number of aliphatic imine (C=N–C) groups is 1. The van der Waals surface area contributed by atoms with Gasteiger partial charge in [0.25, 0.3) is 0 Å². The van der Waals surface area contributed by atoms with E-state index in [1.165, 1.54) is 6.26 Å². The summed E-state index contributed by atoms with van der Waals surface area (Å²) >= 11 is 0. The van der Waals surface area contributed by atoms with Crippen molar-refractivity contribution in [3.63, 3.8) is 0 Å². The van der Waals surface area contributed by atoms with Gasteiger partial charge >= 0.3 is 0 Å². The van der Waals surface area contributed by atoms with Crippen molar-refractivity contribution < 1.29 is 8.42 Å². The lowest BCUT2D eigenvalue weighted by Gasteiger charge is -2.11. The number of nitrogens with zero attached hydrogens (tertiary/aromatic N) is 1. The second-order valence-electron chi connectivity index (χ2n) is 4.52. The number of benzene rings is 1. The molecule has 0 aliphatic rings. The number of nitrogens with one attached hydrogen (secondary N) is 2. The van der Waals surface area contributed by atoms with Crippen LogP contribution in [-0.4, -0.2) is 26.7 Å². The SMILES string of the molecule is CC(C)NC(=NCc1ccc(S(C)(=O)=O)cc1)NN. The minimum absolute atomic E-state index is 0.224. The van der Waals surface area contributed by atoms with Crippen molar-refractivity contribution in [3.8, 4) is 0 Å². The fraction of sp³-hybridized carbons (Fsp3) is 0.417. The van der Waals surface area contributed by atoms with Crippen LogP contribution in [-0.2, 0) is 16.4 Å². The maximum absolute atomic E-state index is 11.3. The van der Waals surface area contributed by atoms with E-state index < -0.39 is 9.84 Å². The molecule has 0 radical (unpaired) electrons. The van der Waals surface area contributed by atoms with E-state index in [0.29, 0.717) is 17.4 Å². The molecule has 6 nitrogen and oxygen atoms in total. The van der Waals surface area contributed by atoms with Crippen LogP contribution in [0.25, 0.3) is 0 Å². The molecule has 106 valence electrons. The van der Waals surface area contributed by atoms with Gasteiger partial charge in [0.15, 0.2) is 9.84 Å². The maximum atomic E-state index is 11.3. The van der Waals surface area contributed by atoms with Crippen molar-refractivity contribution >= 4 is 15.8 Å². The summed E-state index contributed by atoms with van der Waals surface area (Å²) in [4.78, 5) is 4.57. The average Bonchev–Trinajstić information content (AvgIpc) is 2.33. The number of sulfone groups is 1. The van der Waals surface area contributed by atoms with Gasteiger partial charge in [-0.05, 0) is 31.5 Å². The van der Waals surface area contributed by atoms with Crippen LogP contribution >= 0.6 is 0 Å². The van der Waals surface area contributed by atoms with E-state index in [9.17, 15) is 8.42 Å². The highest BCUT2D eigenvalue weighted by Gasteiger charge is 2.06. The molecule has 4 N–H and O–H groups in total. The number of guanidine groups is 1. The molecule has 7 heteroatoms. The predicted octanol–water partition coefficient (Wildman–Crippen LogP) is 0.407. The maximum Gasteiger partial charge on any atom is 0.206 e. The first-order valence-electron chi connectivity index (χ1n) is 5.89. The lowest BCUT2D eigenvalue weighted by molar-refractivity contribution is 0.602. The summed E-state index contributed by atoms with van der Waals surface area (Å²) < 4.78 is 22.6. The van der Waals surface area contributed by atoms with E-state index >= 15 is 0 Å². The molecule has 0 spiro atoms. The van der Waals surface area contributed by atoms with Crippen LogP contribution in [0.15, 0.2) is 34.2 Å². The van der Waals surface area contributed by atoms with E-state index in [1.54, 1.807) is 24.3 Å². The van der Waals surface area contributed by atoms with E-state index in [1.807, 2.05) is 13.8 Å². The molecule has 0 aliphatic heterocycles. The second kappa shape index (κ2) is 6.53. The summed E-state index contributed by atoms with van der Waals surface area (Å²) in [5.41, 5.74) is 3.39. The molecular formula is C12H20N4O2S. The van der Waals surface area contributed by atoms with Gasteiger partial charge < -0.3 is 5.32 Å². The van der Waals surface area contributed by atoms with Gasteiger partial charge in [0.1, 0.15) is 0 Å². The summed E-state index contributed by atoms with van der Waals surface area (Å²) in [6, 6.07) is 6.85. The van der Waals surface area contributed by atoms with Crippen molar-refractivity contribution in [1.29, 1.82) is 0 Å². The van der Waals surface area contributed by atoms with Crippen molar-refractivity contribution in [2.45, 2.75) is 31.3 Å². The van der Waals surface area contributed by atoms with Crippen LogP contribution < -0.4 is 16.6 Å². The van der Waals surface area contributed by atoms with Gasteiger partial charge in [-0.15, -0.1) is 0 Å². The molecule has 1 aromatic rings. The number of hydrogen-bond acceptors (Lipinski definition) is 4. The Kier molecular flexibility index (Phi) is 5.31. The molecule has 0 heterocycles. The first kappa shape index (κ1) is 15.5. The van der Waals surface area contributed by atoms with Crippen molar-refractivity contribution in [3.05, 3.63) is 29.8 Å². The Bertz CT molecular complexity index is 535. The Balaban J connectivity index is 2.75. The molecular weight excluding hydrogens is 264 g/mol. The monoisotopic (exact) mass is 284 g/mol. The highest BCUT2D eigenvalue weighted by Crippen LogP contribution is 2.10. The molecule has 0 saturated carbocycles. The second-order valence-corrected chi connectivity index (χ2v) is 6.54. The smallest absolute Gasteiger partial charge is 0.206 e. The van der Waals surface area contributed by atoms with Crippen molar-refractivity contribution in [1.82, 2.24) is 10.7 Å². The Morgan fingerprint density at radius 2 is 1.89 bits per heavy atom. The molecule has 0 aromatic heterocycles. The van der Waals surface area contributed by atoms with E-state index in [2.05, 4.69) is 15.7 Å². The van der Waals surface area contributed by atoms with E-state index in [-0.39, 0.29) is 6.04 Å². The molecule has 0 unspecified atom stereocenters. The molecule has 0 amide bonds. The molecule has 0 aliphatic carbocycles. The first-order valence-corrected chi connectivity index (χ1v) is 7.78. The van der Waals surface area contributed by atoms with Gasteiger partial charge in [-0.3, -0.25) is 5.43 Å². The quantitative estimate of drug-likeness (QED) is 0.322. The Hall–Kier alpha value is -1.60. The molecule has 0 bridgehead atoms. The number of nitrogens with two attached hydrogens (primary N) is 1. The lowest BCUT2D eigenvalue weighted by atomic mass is 10.2. The lowest BCUT2D eigenvalue weighted by Crippen LogP contribution is -2.44. The third-order valence-corrected chi connectivity index (χ3v) is 3.46. The normalized spacial score (nSPS) is 12.6. The summed E-state index contributed by atoms with van der Waals surface area (Å²) in [5, 5.41) is 3.05. The summed E-state index contributed by atoms with van der Waals surface area (Å²) in [6.45, 7) is 4.38. The molecule has 1 rings (SSSR count). The van der Waals surface area contributed by atoms with Crippen LogP contribution in [0, 0.1) is 0 Å². The summed E-state index contributed by atoms with van der Waals surface area (Å²) in [7, 11) is -3.15.